The van der Waals surface area contributed by atoms with Gasteiger partial charge in [0.25, 0.3) is 0 Å². The lowest BCUT2D eigenvalue weighted by Crippen LogP contribution is -2.15. The Bertz CT molecular complexity index is 744. The standard InChI is InChI=1S/C11H7N5O2S/c12-5-8(6-13)10(7-14)16-9-3-1-2-4-11(9)19(15,17)18/h1-4,16H,(H2,15,17,18). The van der Waals surface area contributed by atoms with Crippen molar-refractivity contribution in [3.8, 4) is 18.2 Å². The van der Waals surface area contributed by atoms with Crippen LogP contribution in [0.2, 0.25) is 0 Å². The van der Waals surface area contributed by atoms with E-state index in [-0.39, 0.29) is 16.3 Å². The fourth-order valence-electron chi connectivity index (χ4n) is 1.24. The summed E-state index contributed by atoms with van der Waals surface area (Å²) in [6.07, 6.45) is 0. The molecule has 0 aromatic heterocycles. The molecule has 0 amide bonds. The molecule has 0 atom stereocenters. The average Bonchev–Trinajstić information content (AvgIpc) is 2.38. The second-order valence-corrected chi connectivity index (χ2v) is 4.78. The van der Waals surface area contributed by atoms with Gasteiger partial charge >= 0.3 is 0 Å². The van der Waals surface area contributed by atoms with Crippen molar-refractivity contribution in [2.45, 2.75) is 4.90 Å². The number of para-hydroxylation sites is 1. The molecule has 94 valence electrons. The first kappa shape index (κ1) is 14.2. The molecule has 0 bridgehead atoms. The number of benzene rings is 1. The number of primary sulfonamides is 1. The maximum atomic E-state index is 11.3. The minimum absolute atomic E-state index is 0.0181. The van der Waals surface area contributed by atoms with Gasteiger partial charge in [0.05, 0.1) is 5.69 Å². The number of allylic oxidation sites excluding steroid dienone is 2. The number of hydrogen-bond donors (Lipinski definition) is 2. The Labute approximate surface area is 109 Å². The van der Waals surface area contributed by atoms with E-state index in [0.717, 1.165) is 0 Å². The van der Waals surface area contributed by atoms with Crippen LogP contribution in [-0.2, 0) is 10.0 Å². The van der Waals surface area contributed by atoms with E-state index < -0.39 is 15.6 Å². The second kappa shape index (κ2) is 5.65. The highest BCUT2D eigenvalue weighted by Gasteiger charge is 2.15. The number of hydrogen-bond acceptors (Lipinski definition) is 6. The highest BCUT2D eigenvalue weighted by atomic mass is 32.2. The van der Waals surface area contributed by atoms with Gasteiger partial charge in [0.15, 0.2) is 5.57 Å². The van der Waals surface area contributed by atoms with Crippen LogP contribution in [0, 0.1) is 34.0 Å². The van der Waals surface area contributed by atoms with Crippen LogP contribution in [0.3, 0.4) is 0 Å². The zero-order valence-electron chi connectivity index (χ0n) is 9.45. The molecule has 0 aliphatic rings. The van der Waals surface area contributed by atoms with Gasteiger partial charge in [-0.15, -0.1) is 0 Å². The number of nitrogens with two attached hydrogens (primary N) is 1. The van der Waals surface area contributed by atoms with E-state index in [1.165, 1.54) is 36.4 Å². The Morgan fingerprint density at radius 3 is 2.16 bits per heavy atom. The first-order valence-electron chi connectivity index (χ1n) is 4.77. The van der Waals surface area contributed by atoms with E-state index >= 15 is 0 Å². The number of anilines is 1. The summed E-state index contributed by atoms with van der Waals surface area (Å²) < 4.78 is 22.7. The molecule has 0 radical (unpaired) electrons. The molecular formula is C11H7N5O2S. The number of sulfonamides is 1. The quantitative estimate of drug-likeness (QED) is 0.770. The van der Waals surface area contributed by atoms with Gasteiger partial charge in [-0.3, -0.25) is 0 Å². The molecule has 3 N–H and O–H groups in total. The van der Waals surface area contributed by atoms with Crippen molar-refractivity contribution in [1.29, 1.82) is 15.8 Å². The average molecular weight is 273 g/mol. The molecule has 8 heteroatoms. The maximum Gasteiger partial charge on any atom is 0.240 e. The Kier molecular flexibility index (Phi) is 4.23. The molecule has 19 heavy (non-hydrogen) atoms. The van der Waals surface area contributed by atoms with Crippen LogP contribution in [0.4, 0.5) is 5.69 Å². The largest absolute Gasteiger partial charge is 0.344 e. The summed E-state index contributed by atoms with van der Waals surface area (Å²) >= 11 is 0. The molecule has 0 saturated carbocycles. The fraction of sp³-hybridized carbons (Fsp3) is 0. The zero-order chi connectivity index (χ0) is 14.5. The topological polar surface area (TPSA) is 144 Å². The number of nitrogens with zero attached hydrogens (tertiary/aromatic N) is 3. The number of nitrogens with one attached hydrogen (secondary N) is 1. The molecule has 0 aliphatic heterocycles. The van der Waals surface area contributed by atoms with E-state index in [4.69, 9.17) is 20.9 Å². The van der Waals surface area contributed by atoms with E-state index in [9.17, 15) is 8.42 Å². The summed E-state index contributed by atoms with van der Waals surface area (Å²) in [5.74, 6) is 0. The zero-order valence-corrected chi connectivity index (χ0v) is 10.3. The Morgan fingerprint density at radius 2 is 1.68 bits per heavy atom. The summed E-state index contributed by atoms with van der Waals surface area (Å²) in [6, 6.07) is 10.3. The van der Waals surface area contributed by atoms with E-state index in [1.54, 1.807) is 6.07 Å². The number of nitriles is 3. The van der Waals surface area contributed by atoms with Gasteiger partial charge in [-0.25, -0.2) is 13.6 Å². The summed E-state index contributed by atoms with van der Waals surface area (Å²) in [7, 11) is -3.99. The summed E-state index contributed by atoms with van der Waals surface area (Å²) in [5.41, 5.74) is -0.780. The van der Waals surface area contributed by atoms with Crippen LogP contribution in [0.5, 0.6) is 0 Å². The van der Waals surface area contributed by atoms with E-state index in [0.29, 0.717) is 0 Å². The Morgan fingerprint density at radius 1 is 1.11 bits per heavy atom. The molecule has 1 aromatic carbocycles. The summed E-state index contributed by atoms with van der Waals surface area (Å²) in [4.78, 5) is -0.238. The van der Waals surface area contributed by atoms with Crippen molar-refractivity contribution in [3.63, 3.8) is 0 Å². The lowest BCUT2D eigenvalue weighted by atomic mass is 10.2. The van der Waals surface area contributed by atoms with Crippen LogP contribution < -0.4 is 10.5 Å². The second-order valence-electron chi connectivity index (χ2n) is 3.25. The molecular weight excluding hydrogens is 266 g/mol. The van der Waals surface area contributed by atoms with Gasteiger partial charge in [-0.2, -0.15) is 15.8 Å². The monoisotopic (exact) mass is 273 g/mol. The third kappa shape index (κ3) is 3.30. The fourth-order valence-corrected chi connectivity index (χ4v) is 1.93. The third-order valence-electron chi connectivity index (χ3n) is 2.04. The number of rotatable bonds is 3. The highest BCUT2D eigenvalue weighted by molar-refractivity contribution is 7.89. The van der Waals surface area contributed by atoms with Gasteiger partial charge in [0, 0.05) is 0 Å². The van der Waals surface area contributed by atoms with Gasteiger partial charge < -0.3 is 5.32 Å². The summed E-state index contributed by atoms with van der Waals surface area (Å²) in [5, 5.41) is 33.6. The molecule has 0 heterocycles. The molecule has 0 fully saturated rings. The maximum absolute atomic E-state index is 11.3. The first-order valence-corrected chi connectivity index (χ1v) is 6.32. The smallest absolute Gasteiger partial charge is 0.240 e. The van der Waals surface area contributed by atoms with Crippen molar-refractivity contribution < 1.29 is 8.42 Å². The van der Waals surface area contributed by atoms with Crippen LogP contribution >= 0.6 is 0 Å². The minimum atomic E-state index is -3.99. The normalized spacial score (nSPS) is 9.58. The van der Waals surface area contributed by atoms with Gasteiger partial charge in [-0.05, 0) is 12.1 Å². The van der Waals surface area contributed by atoms with Crippen LogP contribution in [0.25, 0.3) is 0 Å². The highest BCUT2D eigenvalue weighted by Crippen LogP contribution is 2.21. The Balaban J connectivity index is 3.38. The van der Waals surface area contributed by atoms with Crippen LogP contribution in [0.15, 0.2) is 40.4 Å². The van der Waals surface area contributed by atoms with Crippen molar-refractivity contribution in [1.82, 2.24) is 0 Å². The van der Waals surface area contributed by atoms with Gasteiger partial charge in [0.2, 0.25) is 10.0 Å². The van der Waals surface area contributed by atoms with Gasteiger partial charge in [-0.1, -0.05) is 12.1 Å². The minimum Gasteiger partial charge on any atom is -0.344 e. The van der Waals surface area contributed by atoms with Crippen molar-refractivity contribution in [3.05, 3.63) is 35.5 Å². The predicted octanol–water partition coefficient (Wildman–Crippen LogP) is 0.571. The lowest BCUT2D eigenvalue weighted by molar-refractivity contribution is 0.598. The molecule has 0 unspecified atom stereocenters. The Hall–Kier alpha value is -2.86. The van der Waals surface area contributed by atoms with E-state index in [1.807, 2.05) is 0 Å². The molecule has 0 spiro atoms. The van der Waals surface area contributed by atoms with Crippen molar-refractivity contribution in [2.24, 2.45) is 5.14 Å². The van der Waals surface area contributed by atoms with Gasteiger partial charge in [0.1, 0.15) is 28.8 Å². The lowest BCUT2D eigenvalue weighted by Gasteiger charge is -2.09. The van der Waals surface area contributed by atoms with Crippen LogP contribution in [-0.4, -0.2) is 8.42 Å². The SMILES string of the molecule is N#CC(C#N)=C(C#N)Nc1ccccc1S(N)(=O)=O. The third-order valence-corrected chi connectivity index (χ3v) is 3.01. The molecule has 0 aliphatic carbocycles. The van der Waals surface area contributed by atoms with E-state index in [2.05, 4.69) is 5.32 Å². The molecule has 1 rings (SSSR count). The molecule has 1 aromatic rings. The van der Waals surface area contributed by atoms with Crippen LogP contribution in [0.1, 0.15) is 0 Å². The summed E-state index contributed by atoms with van der Waals surface area (Å²) in [6.45, 7) is 0. The van der Waals surface area contributed by atoms with Crippen molar-refractivity contribution in [2.75, 3.05) is 5.32 Å². The predicted molar refractivity (Wildman–Crippen MR) is 65.3 cm³/mol. The molecule has 0 saturated heterocycles. The first-order chi connectivity index (χ1) is 8.93. The molecule has 7 nitrogen and oxygen atoms in total. The van der Waals surface area contributed by atoms with Crippen molar-refractivity contribution >= 4 is 15.7 Å².